The topological polar surface area (TPSA) is 64.1 Å². The van der Waals surface area contributed by atoms with Crippen molar-refractivity contribution in [1.82, 2.24) is 15.3 Å². The van der Waals surface area contributed by atoms with E-state index in [0.29, 0.717) is 25.3 Å². The van der Waals surface area contributed by atoms with Crippen molar-refractivity contribution in [1.29, 1.82) is 0 Å². The van der Waals surface area contributed by atoms with E-state index in [0.717, 1.165) is 33.0 Å². The monoisotopic (exact) mass is 381 g/mol. The highest BCUT2D eigenvalue weighted by Crippen LogP contribution is 2.29. The van der Waals surface area contributed by atoms with Crippen LogP contribution in [-0.2, 0) is 17.8 Å². The summed E-state index contributed by atoms with van der Waals surface area (Å²) in [6, 6.07) is 9.79. The van der Waals surface area contributed by atoms with Crippen LogP contribution in [0, 0.1) is 20.8 Å². The molecule has 0 saturated heterocycles. The van der Waals surface area contributed by atoms with Gasteiger partial charge in [0, 0.05) is 29.6 Å². The third-order valence-corrected chi connectivity index (χ3v) is 5.35. The van der Waals surface area contributed by atoms with Gasteiger partial charge in [-0.15, -0.1) is 11.3 Å². The summed E-state index contributed by atoms with van der Waals surface area (Å²) in [5.74, 6) is 1.34. The van der Waals surface area contributed by atoms with Gasteiger partial charge in [-0.1, -0.05) is 24.3 Å². The minimum atomic E-state index is 0.00433. The zero-order chi connectivity index (χ0) is 19.2. The van der Waals surface area contributed by atoms with Gasteiger partial charge in [0.1, 0.15) is 5.75 Å². The molecule has 6 heteroatoms. The number of aryl methyl sites for hydroxylation is 4. The van der Waals surface area contributed by atoms with E-state index in [9.17, 15) is 4.79 Å². The van der Waals surface area contributed by atoms with Crippen molar-refractivity contribution in [3.05, 3.63) is 69.3 Å². The van der Waals surface area contributed by atoms with Gasteiger partial charge in [0.05, 0.1) is 11.2 Å². The lowest BCUT2D eigenvalue weighted by molar-refractivity contribution is -0.121. The molecule has 3 rings (SSSR count). The van der Waals surface area contributed by atoms with Gasteiger partial charge in [-0.05, 0) is 44.4 Å². The predicted octanol–water partition coefficient (Wildman–Crippen LogP) is 4.50. The molecular weight excluding hydrogens is 358 g/mol. The van der Waals surface area contributed by atoms with Crippen LogP contribution in [0.25, 0.3) is 0 Å². The number of ether oxygens (including phenoxy) is 1. The summed E-state index contributed by atoms with van der Waals surface area (Å²) in [5, 5.41) is 2.96. The zero-order valence-corrected chi connectivity index (χ0v) is 16.6. The SMILES string of the molecule is Cc1cccc(C)c1Oc1ncccc1CNC(=O)CCc1scnc1C. The summed E-state index contributed by atoms with van der Waals surface area (Å²) >= 11 is 1.59. The summed E-state index contributed by atoms with van der Waals surface area (Å²) in [7, 11) is 0. The third-order valence-electron chi connectivity index (χ3n) is 4.36. The molecular formula is C21H23N3O2S. The maximum atomic E-state index is 12.2. The number of aromatic nitrogens is 2. The first-order chi connectivity index (χ1) is 13.0. The van der Waals surface area contributed by atoms with Gasteiger partial charge in [-0.3, -0.25) is 4.79 Å². The van der Waals surface area contributed by atoms with E-state index in [4.69, 9.17) is 4.74 Å². The van der Waals surface area contributed by atoms with Crippen LogP contribution in [0.3, 0.4) is 0 Å². The van der Waals surface area contributed by atoms with Gasteiger partial charge in [0.2, 0.25) is 11.8 Å². The van der Waals surface area contributed by atoms with Crippen molar-refractivity contribution in [2.75, 3.05) is 0 Å². The maximum Gasteiger partial charge on any atom is 0.224 e. The van der Waals surface area contributed by atoms with Crippen molar-refractivity contribution in [2.24, 2.45) is 0 Å². The van der Waals surface area contributed by atoms with E-state index in [1.165, 1.54) is 0 Å². The Morgan fingerprint density at radius 3 is 2.59 bits per heavy atom. The number of amides is 1. The fraction of sp³-hybridized carbons (Fsp3) is 0.286. The van der Waals surface area contributed by atoms with Crippen LogP contribution in [0.4, 0.5) is 0 Å². The van der Waals surface area contributed by atoms with Crippen molar-refractivity contribution >= 4 is 17.2 Å². The molecule has 1 N–H and O–H groups in total. The van der Waals surface area contributed by atoms with E-state index in [1.807, 2.05) is 56.6 Å². The molecule has 27 heavy (non-hydrogen) atoms. The minimum Gasteiger partial charge on any atom is -0.438 e. The van der Waals surface area contributed by atoms with E-state index in [-0.39, 0.29) is 5.91 Å². The molecule has 0 radical (unpaired) electrons. The van der Waals surface area contributed by atoms with Crippen molar-refractivity contribution in [3.8, 4) is 11.6 Å². The Morgan fingerprint density at radius 2 is 1.89 bits per heavy atom. The molecule has 0 bridgehead atoms. The Balaban J connectivity index is 1.62. The molecule has 140 valence electrons. The van der Waals surface area contributed by atoms with E-state index < -0.39 is 0 Å². The Morgan fingerprint density at radius 1 is 1.11 bits per heavy atom. The molecule has 2 heterocycles. The third kappa shape index (κ3) is 4.92. The van der Waals surface area contributed by atoms with Crippen LogP contribution >= 0.6 is 11.3 Å². The Hall–Kier alpha value is -2.73. The molecule has 5 nitrogen and oxygen atoms in total. The quantitative estimate of drug-likeness (QED) is 0.654. The van der Waals surface area contributed by atoms with Gasteiger partial charge in [-0.25, -0.2) is 9.97 Å². The second-order valence-corrected chi connectivity index (χ2v) is 7.37. The second-order valence-electron chi connectivity index (χ2n) is 6.43. The largest absolute Gasteiger partial charge is 0.438 e. The molecule has 3 aromatic rings. The lowest BCUT2D eigenvalue weighted by Crippen LogP contribution is -2.23. The number of nitrogens with one attached hydrogen (secondary N) is 1. The first kappa shape index (κ1) is 19.0. The zero-order valence-electron chi connectivity index (χ0n) is 15.8. The first-order valence-corrected chi connectivity index (χ1v) is 9.76. The number of rotatable bonds is 7. The highest BCUT2D eigenvalue weighted by Gasteiger charge is 2.12. The fourth-order valence-electron chi connectivity index (χ4n) is 2.78. The molecule has 0 unspecified atom stereocenters. The Kier molecular flexibility index (Phi) is 6.19. The molecule has 1 amide bonds. The summed E-state index contributed by atoms with van der Waals surface area (Å²) in [6.45, 7) is 6.37. The summed E-state index contributed by atoms with van der Waals surface area (Å²) in [5.41, 5.74) is 5.77. The molecule has 1 aromatic carbocycles. The number of carbonyl (C=O) groups is 1. The van der Waals surface area contributed by atoms with E-state index in [1.54, 1.807) is 17.5 Å². The van der Waals surface area contributed by atoms with Crippen molar-refractivity contribution in [2.45, 2.75) is 40.2 Å². The van der Waals surface area contributed by atoms with Crippen LogP contribution in [0.2, 0.25) is 0 Å². The van der Waals surface area contributed by atoms with Gasteiger partial charge >= 0.3 is 0 Å². The Bertz CT molecular complexity index is 916. The first-order valence-electron chi connectivity index (χ1n) is 8.88. The molecule has 0 aliphatic rings. The molecule has 0 aliphatic carbocycles. The standard InChI is InChI=1S/C21H23N3O2S/c1-14-6-4-7-15(2)20(14)26-21-17(8-5-11-22-21)12-23-19(25)10-9-18-16(3)24-13-27-18/h4-8,11,13H,9-10,12H2,1-3H3,(H,23,25). The van der Waals surface area contributed by atoms with Crippen LogP contribution in [0.5, 0.6) is 11.6 Å². The minimum absolute atomic E-state index is 0.00433. The number of nitrogens with zero attached hydrogens (tertiary/aromatic N) is 2. The number of hydrogen-bond acceptors (Lipinski definition) is 5. The number of hydrogen-bond donors (Lipinski definition) is 1. The van der Waals surface area contributed by atoms with Crippen molar-refractivity contribution < 1.29 is 9.53 Å². The molecule has 0 spiro atoms. The van der Waals surface area contributed by atoms with Gasteiger partial charge in [0.15, 0.2) is 0 Å². The lowest BCUT2D eigenvalue weighted by Gasteiger charge is -2.14. The number of pyridine rings is 1. The Labute approximate surface area is 163 Å². The van der Waals surface area contributed by atoms with Gasteiger partial charge in [0.25, 0.3) is 0 Å². The summed E-state index contributed by atoms with van der Waals surface area (Å²) in [6.07, 6.45) is 2.85. The average Bonchev–Trinajstić information content (AvgIpc) is 3.07. The maximum absolute atomic E-state index is 12.2. The highest BCUT2D eigenvalue weighted by molar-refractivity contribution is 7.09. The van der Waals surface area contributed by atoms with Crippen LogP contribution < -0.4 is 10.1 Å². The average molecular weight is 382 g/mol. The molecule has 0 saturated carbocycles. The lowest BCUT2D eigenvalue weighted by atomic mass is 10.1. The van der Waals surface area contributed by atoms with E-state index >= 15 is 0 Å². The fourth-order valence-corrected chi connectivity index (χ4v) is 3.56. The summed E-state index contributed by atoms with van der Waals surface area (Å²) in [4.78, 5) is 21.9. The highest BCUT2D eigenvalue weighted by atomic mass is 32.1. The van der Waals surface area contributed by atoms with Crippen LogP contribution in [-0.4, -0.2) is 15.9 Å². The number of benzene rings is 1. The summed E-state index contributed by atoms with van der Waals surface area (Å²) < 4.78 is 6.07. The van der Waals surface area contributed by atoms with Crippen LogP contribution in [0.1, 0.15) is 33.7 Å². The molecule has 0 aliphatic heterocycles. The number of thiazole rings is 1. The second kappa shape index (κ2) is 8.77. The smallest absolute Gasteiger partial charge is 0.224 e. The number of para-hydroxylation sites is 1. The van der Waals surface area contributed by atoms with E-state index in [2.05, 4.69) is 15.3 Å². The van der Waals surface area contributed by atoms with Gasteiger partial charge < -0.3 is 10.1 Å². The number of carbonyl (C=O) groups excluding carboxylic acids is 1. The van der Waals surface area contributed by atoms with Crippen molar-refractivity contribution in [3.63, 3.8) is 0 Å². The molecule has 0 fully saturated rings. The van der Waals surface area contributed by atoms with Crippen LogP contribution in [0.15, 0.2) is 42.0 Å². The van der Waals surface area contributed by atoms with Gasteiger partial charge in [-0.2, -0.15) is 0 Å². The normalized spacial score (nSPS) is 10.6. The molecule has 2 aromatic heterocycles. The predicted molar refractivity (Wildman–Crippen MR) is 107 cm³/mol. The molecule has 0 atom stereocenters.